The summed E-state index contributed by atoms with van der Waals surface area (Å²) in [5.41, 5.74) is 6.36. The summed E-state index contributed by atoms with van der Waals surface area (Å²) < 4.78 is 32.9. The molecular weight excluding hydrogens is 496 g/mol. The smallest absolute Gasteiger partial charge is 0.407 e. The van der Waals surface area contributed by atoms with E-state index in [0.29, 0.717) is 45.6 Å². The zero-order valence-electron chi connectivity index (χ0n) is 21.1. The molecule has 1 amide bonds. The fourth-order valence-corrected chi connectivity index (χ4v) is 6.37. The van der Waals surface area contributed by atoms with Gasteiger partial charge in [0.2, 0.25) is 0 Å². The number of aromatic nitrogens is 1. The summed E-state index contributed by atoms with van der Waals surface area (Å²) in [4.78, 5) is 20.5. The fourth-order valence-electron chi connectivity index (χ4n) is 5.16. The predicted molar refractivity (Wildman–Crippen MR) is 141 cm³/mol. The van der Waals surface area contributed by atoms with Crippen LogP contribution in [0.4, 0.5) is 13.6 Å². The van der Waals surface area contributed by atoms with E-state index in [1.165, 1.54) is 4.90 Å². The molecule has 37 heavy (non-hydrogen) atoms. The highest BCUT2D eigenvalue weighted by Gasteiger charge is 2.37. The average Bonchev–Trinajstić information content (AvgIpc) is 3.44. The maximum atomic E-state index is 13.4. The first-order valence-corrected chi connectivity index (χ1v) is 13.4. The van der Waals surface area contributed by atoms with Gasteiger partial charge in [0.1, 0.15) is 10.8 Å². The number of hydrogen-bond acceptors (Lipinski definition) is 5. The van der Waals surface area contributed by atoms with E-state index in [2.05, 4.69) is 25.1 Å². The molecular formula is C28H31F2N3O3S. The van der Waals surface area contributed by atoms with Crippen LogP contribution in [-0.2, 0) is 13.0 Å². The van der Waals surface area contributed by atoms with Crippen LogP contribution in [0.15, 0.2) is 36.4 Å². The zero-order chi connectivity index (χ0) is 26.2. The minimum atomic E-state index is -2.56. The number of amides is 1. The van der Waals surface area contributed by atoms with Crippen molar-refractivity contribution in [2.24, 2.45) is 0 Å². The number of likely N-dealkylation sites (tertiary alicyclic amines) is 1. The molecule has 0 aliphatic carbocycles. The van der Waals surface area contributed by atoms with E-state index in [4.69, 9.17) is 9.72 Å². The van der Waals surface area contributed by atoms with E-state index in [1.807, 2.05) is 25.1 Å². The molecule has 2 aromatic carbocycles. The molecule has 1 fully saturated rings. The van der Waals surface area contributed by atoms with Gasteiger partial charge in [0.25, 0.3) is 5.92 Å². The molecule has 3 heterocycles. The van der Waals surface area contributed by atoms with E-state index in [0.717, 1.165) is 49.1 Å². The van der Waals surface area contributed by atoms with Crippen molar-refractivity contribution in [1.82, 2.24) is 14.8 Å². The van der Waals surface area contributed by atoms with Gasteiger partial charge in [-0.3, -0.25) is 4.90 Å². The van der Waals surface area contributed by atoms with Crippen LogP contribution in [-0.4, -0.2) is 64.7 Å². The van der Waals surface area contributed by atoms with E-state index >= 15 is 0 Å². The van der Waals surface area contributed by atoms with Crippen molar-refractivity contribution in [3.05, 3.63) is 58.1 Å². The van der Waals surface area contributed by atoms with Gasteiger partial charge in [-0.1, -0.05) is 30.3 Å². The number of rotatable bonds is 7. The first kappa shape index (κ1) is 25.6. The number of alkyl halides is 2. The molecule has 0 spiro atoms. The quantitative estimate of drug-likeness (QED) is 0.369. The number of thiazole rings is 1. The Hall–Kier alpha value is -3.04. The van der Waals surface area contributed by atoms with Gasteiger partial charge < -0.3 is 14.7 Å². The van der Waals surface area contributed by atoms with Crippen LogP contribution in [0.3, 0.4) is 0 Å². The second-order valence-corrected chi connectivity index (χ2v) is 10.9. The van der Waals surface area contributed by atoms with E-state index in [1.54, 1.807) is 16.2 Å². The Kier molecular flexibility index (Phi) is 7.18. The summed E-state index contributed by atoms with van der Waals surface area (Å²) in [5.74, 6) is -1.76. The molecule has 1 N–H and O–H groups in total. The number of fused-ring (bicyclic) bond motifs is 1. The largest absolute Gasteiger partial charge is 0.493 e. The number of hydrogen-bond donors (Lipinski definition) is 1. The van der Waals surface area contributed by atoms with Gasteiger partial charge in [-0.2, -0.15) is 0 Å². The number of nitrogens with zero attached hydrogens (tertiary/aromatic N) is 3. The predicted octanol–water partition coefficient (Wildman–Crippen LogP) is 6.24. The van der Waals surface area contributed by atoms with Crippen molar-refractivity contribution in [2.45, 2.75) is 45.6 Å². The summed E-state index contributed by atoms with van der Waals surface area (Å²) in [6.45, 7) is 6.36. The minimum absolute atomic E-state index is 0.0577. The lowest BCUT2D eigenvalue weighted by molar-refractivity contribution is 0.0118. The van der Waals surface area contributed by atoms with Gasteiger partial charge >= 0.3 is 6.09 Å². The second-order valence-electron chi connectivity index (χ2n) is 9.83. The topological polar surface area (TPSA) is 65.9 Å². The molecule has 9 heteroatoms. The van der Waals surface area contributed by atoms with Crippen LogP contribution in [0.2, 0.25) is 0 Å². The highest BCUT2D eigenvalue weighted by atomic mass is 32.1. The summed E-state index contributed by atoms with van der Waals surface area (Å²) >= 11 is 1.57. The van der Waals surface area contributed by atoms with Crippen LogP contribution >= 0.6 is 11.3 Å². The third-order valence-electron chi connectivity index (χ3n) is 7.27. The summed E-state index contributed by atoms with van der Waals surface area (Å²) in [6, 6.07) is 12.2. The van der Waals surface area contributed by atoms with Gasteiger partial charge in [0, 0.05) is 42.9 Å². The molecule has 1 aromatic heterocycles. The van der Waals surface area contributed by atoms with Crippen molar-refractivity contribution in [2.75, 3.05) is 32.8 Å². The molecule has 196 valence electrons. The third kappa shape index (κ3) is 5.48. The van der Waals surface area contributed by atoms with E-state index in [-0.39, 0.29) is 13.0 Å². The third-order valence-corrected chi connectivity index (χ3v) is 8.38. The van der Waals surface area contributed by atoms with Gasteiger partial charge in [0.15, 0.2) is 0 Å². The Labute approximate surface area is 219 Å². The molecule has 0 atom stereocenters. The van der Waals surface area contributed by atoms with Crippen molar-refractivity contribution in [3.63, 3.8) is 0 Å². The van der Waals surface area contributed by atoms with Crippen LogP contribution in [0.25, 0.3) is 21.7 Å². The first-order chi connectivity index (χ1) is 17.7. The monoisotopic (exact) mass is 527 g/mol. The maximum Gasteiger partial charge on any atom is 0.407 e. The fraction of sp³-hybridized carbons (Fsp3) is 0.429. The number of carbonyl (C=O) groups is 1. The zero-order valence-corrected chi connectivity index (χ0v) is 21.9. The van der Waals surface area contributed by atoms with Crippen LogP contribution in [0, 0.1) is 13.8 Å². The van der Waals surface area contributed by atoms with Crippen molar-refractivity contribution in [3.8, 4) is 27.4 Å². The Morgan fingerprint density at radius 2 is 1.84 bits per heavy atom. The van der Waals surface area contributed by atoms with Crippen LogP contribution < -0.4 is 4.74 Å². The Balaban J connectivity index is 1.31. The Morgan fingerprint density at radius 1 is 1.11 bits per heavy atom. The maximum absolute atomic E-state index is 13.4. The van der Waals surface area contributed by atoms with Crippen LogP contribution in [0.5, 0.6) is 5.75 Å². The SMILES string of the molecule is Cc1c(OCCCN2CCC(F)(F)C2)cccc1-c1cccc(-c2nc3c(s2)CN(C(=O)O)CC3)c1C. The molecule has 0 saturated carbocycles. The van der Waals surface area contributed by atoms with Crippen molar-refractivity contribution >= 4 is 17.4 Å². The van der Waals surface area contributed by atoms with E-state index in [9.17, 15) is 18.7 Å². The first-order valence-electron chi connectivity index (χ1n) is 12.6. The second kappa shape index (κ2) is 10.4. The van der Waals surface area contributed by atoms with Crippen molar-refractivity contribution < 1.29 is 23.4 Å². The molecule has 0 bridgehead atoms. The number of carboxylic acid groups (broad SMARTS) is 1. The molecule has 0 unspecified atom stereocenters. The average molecular weight is 528 g/mol. The van der Waals surface area contributed by atoms with Gasteiger partial charge in [-0.15, -0.1) is 11.3 Å². The normalized spacial score (nSPS) is 17.1. The summed E-state index contributed by atoms with van der Waals surface area (Å²) in [5, 5.41) is 10.3. The molecule has 0 radical (unpaired) electrons. The Morgan fingerprint density at radius 3 is 2.57 bits per heavy atom. The lowest BCUT2D eigenvalue weighted by Gasteiger charge is -2.22. The standard InChI is InChI=1S/C28H31F2N3O3S/c1-18-20(6-3-8-22(18)26-31-23-10-13-33(27(34)35)16-25(23)37-26)21-7-4-9-24(19(21)2)36-15-5-12-32-14-11-28(29,30)17-32/h3-4,6-9H,5,10-17H2,1-2H3,(H,34,35). The highest BCUT2D eigenvalue weighted by molar-refractivity contribution is 7.15. The molecule has 2 aliphatic rings. The number of ether oxygens (including phenoxy) is 1. The molecule has 5 rings (SSSR count). The van der Waals surface area contributed by atoms with Gasteiger partial charge in [-0.25, -0.2) is 18.6 Å². The highest BCUT2D eigenvalue weighted by Crippen LogP contribution is 2.39. The number of benzene rings is 2. The Bertz CT molecular complexity index is 1310. The van der Waals surface area contributed by atoms with Crippen molar-refractivity contribution in [1.29, 1.82) is 0 Å². The van der Waals surface area contributed by atoms with Crippen LogP contribution in [0.1, 0.15) is 34.5 Å². The summed E-state index contributed by atoms with van der Waals surface area (Å²) in [6.07, 6.45) is 0.379. The molecule has 3 aromatic rings. The summed E-state index contributed by atoms with van der Waals surface area (Å²) in [7, 11) is 0. The molecule has 1 saturated heterocycles. The molecule has 2 aliphatic heterocycles. The van der Waals surface area contributed by atoms with Gasteiger partial charge in [0.05, 0.1) is 25.4 Å². The van der Waals surface area contributed by atoms with Gasteiger partial charge in [-0.05, 0) is 48.6 Å². The van der Waals surface area contributed by atoms with E-state index < -0.39 is 12.0 Å². The number of halogens is 2. The minimum Gasteiger partial charge on any atom is -0.493 e. The molecule has 6 nitrogen and oxygen atoms in total. The lowest BCUT2D eigenvalue weighted by Crippen LogP contribution is -2.34. The lowest BCUT2D eigenvalue weighted by atomic mass is 9.93.